The fourth-order valence-corrected chi connectivity index (χ4v) is 1.23. The average molecular weight is 174 g/mol. The van der Waals surface area contributed by atoms with Crippen LogP contribution in [0.4, 0.5) is 0 Å². The summed E-state index contributed by atoms with van der Waals surface area (Å²) in [7, 11) is 0. The SMILES string of the molecule is CCc1cnc2c(O)cccc2n1. The number of para-hydroxylation sites is 1. The minimum Gasteiger partial charge on any atom is -0.506 e. The van der Waals surface area contributed by atoms with Crippen LogP contribution in [0.15, 0.2) is 24.4 Å². The van der Waals surface area contributed by atoms with Crippen molar-refractivity contribution in [2.24, 2.45) is 0 Å². The van der Waals surface area contributed by atoms with E-state index in [0.717, 1.165) is 17.6 Å². The zero-order chi connectivity index (χ0) is 9.26. The highest BCUT2D eigenvalue weighted by Gasteiger charge is 2.01. The molecule has 3 nitrogen and oxygen atoms in total. The van der Waals surface area contributed by atoms with Crippen LogP contribution in [0.25, 0.3) is 11.0 Å². The van der Waals surface area contributed by atoms with Gasteiger partial charge in [-0.15, -0.1) is 0 Å². The zero-order valence-corrected chi connectivity index (χ0v) is 7.36. The number of hydrogen-bond acceptors (Lipinski definition) is 3. The number of rotatable bonds is 1. The molecule has 0 radical (unpaired) electrons. The molecule has 0 unspecified atom stereocenters. The Labute approximate surface area is 76.1 Å². The monoisotopic (exact) mass is 174 g/mol. The van der Waals surface area contributed by atoms with Gasteiger partial charge >= 0.3 is 0 Å². The number of benzene rings is 1. The molecule has 1 aromatic carbocycles. The van der Waals surface area contributed by atoms with Crippen LogP contribution in [0, 0.1) is 0 Å². The van der Waals surface area contributed by atoms with Gasteiger partial charge in [-0.3, -0.25) is 0 Å². The molecule has 66 valence electrons. The first-order valence-corrected chi connectivity index (χ1v) is 4.25. The molecule has 3 heteroatoms. The van der Waals surface area contributed by atoms with Crippen molar-refractivity contribution >= 4 is 11.0 Å². The van der Waals surface area contributed by atoms with E-state index in [-0.39, 0.29) is 5.75 Å². The maximum atomic E-state index is 9.43. The van der Waals surface area contributed by atoms with Gasteiger partial charge in [-0.2, -0.15) is 0 Å². The summed E-state index contributed by atoms with van der Waals surface area (Å²) in [6, 6.07) is 5.23. The summed E-state index contributed by atoms with van der Waals surface area (Å²) in [5.41, 5.74) is 2.26. The van der Waals surface area contributed by atoms with Crippen LogP contribution in [0.2, 0.25) is 0 Å². The maximum absolute atomic E-state index is 9.43. The third-order valence-electron chi connectivity index (χ3n) is 1.96. The maximum Gasteiger partial charge on any atom is 0.143 e. The van der Waals surface area contributed by atoms with Crippen molar-refractivity contribution in [2.75, 3.05) is 0 Å². The number of phenols is 1. The lowest BCUT2D eigenvalue weighted by atomic mass is 10.2. The van der Waals surface area contributed by atoms with E-state index in [9.17, 15) is 5.11 Å². The first kappa shape index (κ1) is 7.98. The highest BCUT2D eigenvalue weighted by Crippen LogP contribution is 2.20. The fourth-order valence-electron chi connectivity index (χ4n) is 1.23. The summed E-state index contributed by atoms with van der Waals surface area (Å²) in [6.45, 7) is 2.03. The predicted molar refractivity (Wildman–Crippen MR) is 50.6 cm³/mol. The Morgan fingerprint density at radius 1 is 1.38 bits per heavy atom. The quantitative estimate of drug-likeness (QED) is 0.718. The number of nitrogens with zero attached hydrogens (tertiary/aromatic N) is 2. The Kier molecular flexibility index (Phi) is 1.85. The molecule has 2 rings (SSSR count). The van der Waals surface area contributed by atoms with E-state index in [1.807, 2.05) is 13.0 Å². The van der Waals surface area contributed by atoms with Crippen LogP contribution in [0.5, 0.6) is 5.75 Å². The molecule has 2 aromatic rings. The Bertz CT molecular complexity index is 440. The van der Waals surface area contributed by atoms with Crippen LogP contribution in [0.3, 0.4) is 0 Å². The van der Waals surface area contributed by atoms with Gasteiger partial charge in [0.25, 0.3) is 0 Å². The molecule has 0 aliphatic rings. The summed E-state index contributed by atoms with van der Waals surface area (Å²) >= 11 is 0. The molecule has 0 saturated heterocycles. The summed E-state index contributed by atoms with van der Waals surface area (Å²) < 4.78 is 0. The number of aryl methyl sites for hydroxylation is 1. The van der Waals surface area contributed by atoms with Crippen LogP contribution >= 0.6 is 0 Å². The van der Waals surface area contributed by atoms with E-state index < -0.39 is 0 Å². The first-order chi connectivity index (χ1) is 6.31. The smallest absolute Gasteiger partial charge is 0.143 e. The predicted octanol–water partition coefficient (Wildman–Crippen LogP) is 1.90. The number of phenolic OH excluding ortho intramolecular Hbond substituents is 1. The normalized spacial score (nSPS) is 10.5. The molecule has 0 aliphatic carbocycles. The first-order valence-electron chi connectivity index (χ1n) is 4.25. The van der Waals surface area contributed by atoms with Crippen LogP contribution in [0.1, 0.15) is 12.6 Å². The van der Waals surface area contributed by atoms with Gasteiger partial charge in [0.05, 0.1) is 11.2 Å². The molecule has 1 N–H and O–H groups in total. The van der Waals surface area contributed by atoms with Gasteiger partial charge in [0.15, 0.2) is 0 Å². The van der Waals surface area contributed by atoms with E-state index >= 15 is 0 Å². The largest absolute Gasteiger partial charge is 0.506 e. The zero-order valence-electron chi connectivity index (χ0n) is 7.36. The summed E-state index contributed by atoms with van der Waals surface area (Å²) in [5.74, 6) is 0.188. The van der Waals surface area contributed by atoms with Crippen molar-refractivity contribution in [2.45, 2.75) is 13.3 Å². The number of hydrogen-bond donors (Lipinski definition) is 1. The van der Waals surface area contributed by atoms with Gasteiger partial charge in [0, 0.05) is 6.20 Å². The van der Waals surface area contributed by atoms with E-state index in [1.54, 1.807) is 18.3 Å². The summed E-state index contributed by atoms with van der Waals surface area (Å²) in [5, 5.41) is 9.43. The standard InChI is InChI=1S/C10H10N2O/c1-2-7-6-11-10-8(12-7)4-3-5-9(10)13/h3-6,13H,2H2,1H3. The van der Waals surface area contributed by atoms with E-state index in [4.69, 9.17) is 0 Å². The second kappa shape index (κ2) is 3.01. The molecule has 1 aromatic heterocycles. The minimum absolute atomic E-state index is 0.188. The van der Waals surface area contributed by atoms with Gasteiger partial charge in [0.1, 0.15) is 11.3 Å². The van der Waals surface area contributed by atoms with Gasteiger partial charge in [-0.1, -0.05) is 13.0 Å². The Morgan fingerprint density at radius 3 is 3.00 bits per heavy atom. The molecule has 0 spiro atoms. The van der Waals surface area contributed by atoms with Crippen molar-refractivity contribution in [1.29, 1.82) is 0 Å². The van der Waals surface area contributed by atoms with Gasteiger partial charge < -0.3 is 5.11 Å². The van der Waals surface area contributed by atoms with Gasteiger partial charge in [-0.25, -0.2) is 9.97 Å². The molecule has 13 heavy (non-hydrogen) atoms. The Hall–Kier alpha value is -1.64. The molecule has 0 amide bonds. The van der Waals surface area contributed by atoms with Crippen molar-refractivity contribution in [3.8, 4) is 5.75 Å². The van der Waals surface area contributed by atoms with Crippen molar-refractivity contribution in [1.82, 2.24) is 9.97 Å². The van der Waals surface area contributed by atoms with Crippen molar-refractivity contribution < 1.29 is 5.11 Å². The number of aromatic hydroxyl groups is 1. The van der Waals surface area contributed by atoms with E-state index in [2.05, 4.69) is 9.97 Å². The molecule has 0 atom stereocenters. The number of fused-ring (bicyclic) bond motifs is 1. The highest BCUT2D eigenvalue weighted by molar-refractivity contribution is 5.80. The van der Waals surface area contributed by atoms with E-state index in [1.165, 1.54) is 0 Å². The second-order valence-corrected chi connectivity index (χ2v) is 2.86. The third kappa shape index (κ3) is 1.33. The topological polar surface area (TPSA) is 46.0 Å². The highest BCUT2D eigenvalue weighted by atomic mass is 16.3. The third-order valence-corrected chi connectivity index (χ3v) is 1.96. The van der Waals surface area contributed by atoms with Crippen molar-refractivity contribution in [3.63, 3.8) is 0 Å². The second-order valence-electron chi connectivity index (χ2n) is 2.86. The molecule has 0 aliphatic heterocycles. The van der Waals surface area contributed by atoms with E-state index in [0.29, 0.717) is 5.52 Å². The fraction of sp³-hybridized carbons (Fsp3) is 0.200. The van der Waals surface area contributed by atoms with Gasteiger partial charge in [-0.05, 0) is 18.6 Å². The molecule has 1 heterocycles. The minimum atomic E-state index is 0.188. The summed E-state index contributed by atoms with van der Waals surface area (Å²) in [4.78, 5) is 8.47. The Balaban J connectivity index is 2.72. The lowest BCUT2D eigenvalue weighted by Gasteiger charge is -2.00. The van der Waals surface area contributed by atoms with Gasteiger partial charge in [0.2, 0.25) is 0 Å². The van der Waals surface area contributed by atoms with Crippen LogP contribution < -0.4 is 0 Å². The Morgan fingerprint density at radius 2 is 2.23 bits per heavy atom. The van der Waals surface area contributed by atoms with Crippen LogP contribution in [-0.4, -0.2) is 15.1 Å². The van der Waals surface area contributed by atoms with Crippen molar-refractivity contribution in [3.05, 3.63) is 30.1 Å². The molecule has 0 bridgehead atoms. The number of aromatic nitrogens is 2. The molecular formula is C10H10N2O. The average Bonchev–Trinajstić information content (AvgIpc) is 2.18. The lowest BCUT2D eigenvalue weighted by Crippen LogP contribution is -1.90. The molecular weight excluding hydrogens is 164 g/mol. The lowest BCUT2D eigenvalue weighted by molar-refractivity contribution is 0.480. The van der Waals surface area contributed by atoms with Crippen LogP contribution in [-0.2, 0) is 6.42 Å². The summed E-state index contributed by atoms with van der Waals surface area (Å²) in [6.07, 6.45) is 2.56. The molecule has 0 fully saturated rings. The molecule has 0 saturated carbocycles.